The molecular weight excluding hydrogens is 267 g/mol. The van der Waals surface area contributed by atoms with Gasteiger partial charge in [-0.1, -0.05) is 15.9 Å². The first kappa shape index (κ1) is 9.74. The second-order valence-corrected chi connectivity index (χ2v) is 4.06. The van der Waals surface area contributed by atoms with Crippen LogP contribution in [0.5, 0.6) is 0 Å². The molecule has 0 aliphatic rings. The van der Waals surface area contributed by atoms with E-state index in [4.69, 9.17) is 16.0 Å². The van der Waals surface area contributed by atoms with Gasteiger partial charge >= 0.3 is 5.63 Å². The second kappa shape index (κ2) is 3.75. The van der Waals surface area contributed by atoms with E-state index in [-0.39, 0.29) is 11.5 Å². The molecule has 0 aliphatic heterocycles. The minimum absolute atomic E-state index is 0.171. The van der Waals surface area contributed by atoms with Crippen LogP contribution in [0, 0.1) is 0 Å². The Morgan fingerprint density at radius 1 is 1.36 bits per heavy atom. The van der Waals surface area contributed by atoms with E-state index in [1.165, 1.54) is 0 Å². The Morgan fingerprint density at radius 2 is 2.14 bits per heavy atom. The third kappa shape index (κ3) is 1.70. The van der Waals surface area contributed by atoms with Crippen molar-refractivity contribution in [3.8, 4) is 0 Å². The van der Waals surface area contributed by atoms with Gasteiger partial charge in [0.1, 0.15) is 5.58 Å². The number of benzene rings is 1. The Balaban J connectivity index is 2.80. The molecule has 2 rings (SSSR count). The first-order valence-corrected chi connectivity index (χ1v) is 5.32. The lowest BCUT2D eigenvalue weighted by atomic mass is 10.2. The third-order valence-electron chi connectivity index (χ3n) is 1.91. The van der Waals surface area contributed by atoms with Gasteiger partial charge in [-0.3, -0.25) is 0 Å². The van der Waals surface area contributed by atoms with Crippen molar-refractivity contribution in [3.05, 3.63) is 44.7 Å². The molecule has 0 N–H and O–H groups in total. The molecule has 72 valence electrons. The van der Waals surface area contributed by atoms with Crippen LogP contribution < -0.4 is 5.63 Å². The molecule has 0 unspecified atom stereocenters. The van der Waals surface area contributed by atoms with Crippen LogP contribution in [-0.2, 0) is 5.88 Å². The predicted molar refractivity (Wildman–Crippen MR) is 59.7 cm³/mol. The third-order valence-corrected chi connectivity index (χ3v) is 2.69. The van der Waals surface area contributed by atoms with Gasteiger partial charge in [0.05, 0.1) is 11.4 Å². The maximum Gasteiger partial charge on any atom is 0.340 e. The molecular formula is C10H6BrClO2. The monoisotopic (exact) mass is 272 g/mol. The van der Waals surface area contributed by atoms with Crippen LogP contribution in [0.1, 0.15) is 5.56 Å². The fourth-order valence-corrected chi connectivity index (χ4v) is 1.80. The Bertz CT molecular complexity index is 533. The molecule has 14 heavy (non-hydrogen) atoms. The van der Waals surface area contributed by atoms with Crippen LogP contribution >= 0.6 is 27.5 Å². The zero-order valence-electron chi connectivity index (χ0n) is 7.09. The molecule has 1 heterocycles. The van der Waals surface area contributed by atoms with Gasteiger partial charge in [0.15, 0.2) is 0 Å². The summed E-state index contributed by atoms with van der Waals surface area (Å²) in [6.45, 7) is 0. The number of hydrogen-bond acceptors (Lipinski definition) is 2. The molecule has 0 saturated carbocycles. The van der Waals surface area contributed by atoms with E-state index in [1.54, 1.807) is 12.1 Å². The van der Waals surface area contributed by atoms with Gasteiger partial charge in [0.25, 0.3) is 0 Å². The highest BCUT2D eigenvalue weighted by molar-refractivity contribution is 9.10. The molecule has 0 bridgehead atoms. The van der Waals surface area contributed by atoms with Gasteiger partial charge in [-0.15, -0.1) is 11.6 Å². The number of halogens is 2. The molecule has 0 aliphatic carbocycles. The molecule has 0 spiro atoms. The van der Waals surface area contributed by atoms with Gasteiger partial charge in [-0.2, -0.15) is 0 Å². The van der Waals surface area contributed by atoms with Gasteiger partial charge in [0.2, 0.25) is 0 Å². The van der Waals surface area contributed by atoms with E-state index >= 15 is 0 Å². The summed E-state index contributed by atoms with van der Waals surface area (Å²) in [5.41, 5.74) is 0.694. The lowest BCUT2D eigenvalue weighted by Gasteiger charge is -1.99. The summed E-state index contributed by atoms with van der Waals surface area (Å²) < 4.78 is 6.02. The summed E-state index contributed by atoms with van der Waals surface area (Å²) in [7, 11) is 0. The Hall–Kier alpha value is -0.800. The molecule has 1 aromatic heterocycles. The highest BCUT2D eigenvalue weighted by Crippen LogP contribution is 2.19. The normalized spacial score (nSPS) is 10.7. The average molecular weight is 274 g/mol. The summed E-state index contributed by atoms with van der Waals surface area (Å²) in [6, 6.07) is 7.21. The van der Waals surface area contributed by atoms with Crippen molar-refractivity contribution in [1.29, 1.82) is 0 Å². The van der Waals surface area contributed by atoms with E-state index in [2.05, 4.69) is 15.9 Å². The van der Waals surface area contributed by atoms with E-state index < -0.39 is 0 Å². The lowest BCUT2D eigenvalue weighted by molar-refractivity contribution is 0.554. The van der Waals surface area contributed by atoms with Crippen LogP contribution in [0.4, 0.5) is 0 Å². The maximum absolute atomic E-state index is 11.3. The Labute approximate surface area is 93.6 Å². The van der Waals surface area contributed by atoms with Crippen LogP contribution in [0.2, 0.25) is 0 Å². The molecule has 0 saturated heterocycles. The minimum atomic E-state index is -0.366. The smallest absolute Gasteiger partial charge is 0.340 e. The van der Waals surface area contributed by atoms with E-state index in [9.17, 15) is 4.79 Å². The van der Waals surface area contributed by atoms with Crippen LogP contribution in [0.25, 0.3) is 11.0 Å². The maximum atomic E-state index is 11.3. The lowest BCUT2D eigenvalue weighted by Crippen LogP contribution is -2.04. The molecule has 2 nitrogen and oxygen atoms in total. The molecule has 1 aromatic carbocycles. The molecule has 4 heteroatoms. The zero-order chi connectivity index (χ0) is 10.1. The quantitative estimate of drug-likeness (QED) is 0.589. The number of rotatable bonds is 1. The van der Waals surface area contributed by atoms with Gasteiger partial charge in [-0.25, -0.2) is 4.79 Å². The van der Waals surface area contributed by atoms with E-state index in [0.29, 0.717) is 11.1 Å². The van der Waals surface area contributed by atoms with Crippen LogP contribution in [0.3, 0.4) is 0 Å². The number of fused-ring (bicyclic) bond motifs is 1. The SMILES string of the molecule is O=c1oc2ccc(Br)cc2cc1CCl. The topological polar surface area (TPSA) is 30.2 Å². The zero-order valence-corrected chi connectivity index (χ0v) is 9.43. The molecule has 2 aromatic rings. The Morgan fingerprint density at radius 3 is 2.86 bits per heavy atom. The number of hydrogen-bond donors (Lipinski definition) is 0. The predicted octanol–water partition coefficient (Wildman–Crippen LogP) is 3.29. The minimum Gasteiger partial charge on any atom is -0.422 e. The van der Waals surface area contributed by atoms with Crippen LogP contribution in [0.15, 0.2) is 37.9 Å². The van der Waals surface area contributed by atoms with Crippen molar-refractivity contribution in [2.24, 2.45) is 0 Å². The first-order valence-electron chi connectivity index (χ1n) is 3.99. The fourth-order valence-electron chi connectivity index (χ4n) is 1.23. The summed E-state index contributed by atoms with van der Waals surface area (Å²) in [5, 5.41) is 0.870. The van der Waals surface area contributed by atoms with Crippen LogP contribution in [-0.4, -0.2) is 0 Å². The van der Waals surface area contributed by atoms with Crippen molar-refractivity contribution >= 4 is 38.5 Å². The molecule has 0 amide bonds. The van der Waals surface area contributed by atoms with Crippen molar-refractivity contribution in [1.82, 2.24) is 0 Å². The summed E-state index contributed by atoms with van der Waals surface area (Å²) in [5.74, 6) is 0.171. The molecule has 0 fully saturated rings. The van der Waals surface area contributed by atoms with Crippen molar-refractivity contribution in [2.75, 3.05) is 0 Å². The van der Waals surface area contributed by atoms with Crippen molar-refractivity contribution in [2.45, 2.75) is 5.88 Å². The van der Waals surface area contributed by atoms with Crippen molar-refractivity contribution < 1.29 is 4.42 Å². The Kier molecular flexibility index (Phi) is 2.61. The number of alkyl halides is 1. The highest BCUT2D eigenvalue weighted by atomic mass is 79.9. The van der Waals surface area contributed by atoms with E-state index in [1.807, 2.05) is 12.1 Å². The summed E-state index contributed by atoms with van der Waals surface area (Å²) in [6.07, 6.45) is 0. The summed E-state index contributed by atoms with van der Waals surface area (Å²) >= 11 is 8.95. The van der Waals surface area contributed by atoms with E-state index in [0.717, 1.165) is 9.86 Å². The largest absolute Gasteiger partial charge is 0.422 e. The standard InChI is InChI=1S/C10H6BrClO2/c11-8-1-2-9-6(4-8)3-7(5-12)10(13)14-9/h1-4H,5H2. The molecule has 0 atom stereocenters. The summed E-state index contributed by atoms with van der Waals surface area (Å²) in [4.78, 5) is 11.3. The molecule has 0 radical (unpaired) electrons. The van der Waals surface area contributed by atoms with Gasteiger partial charge in [-0.05, 0) is 24.3 Å². The van der Waals surface area contributed by atoms with Gasteiger partial charge in [0, 0.05) is 9.86 Å². The highest BCUT2D eigenvalue weighted by Gasteiger charge is 2.03. The fraction of sp³-hybridized carbons (Fsp3) is 0.100. The second-order valence-electron chi connectivity index (χ2n) is 2.87. The average Bonchev–Trinajstić information content (AvgIpc) is 2.17. The van der Waals surface area contributed by atoms with Crippen molar-refractivity contribution in [3.63, 3.8) is 0 Å². The first-order chi connectivity index (χ1) is 6.70. The van der Waals surface area contributed by atoms with Gasteiger partial charge < -0.3 is 4.42 Å².